The van der Waals surface area contributed by atoms with Crippen LogP contribution < -0.4 is 5.32 Å². The van der Waals surface area contributed by atoms with Crippen LogP contribution in [0.5, 0.6) is 0 Å². The van der Waals surface area contributed by atoms with E-state index >= 15 is 0 Å². The van der Waals surface area contributed by atoms with E-state index in [4.69, 9.17) is 0 Å². The predicted molar refractivity (Wildman–Crippen MR) is 88.8 cm³/mol. The summed E-state index contributed by atoms with van der Waals surface area (Å²) < 4.78 is 1.04. The maximum atomic E-state index is 10.9. The molecule has 1 unspecified atom stereocenters. The lowest BCUT2D eigenvalue weighted by Crippen LogP contribution is -2.08. The molecule has 0 spiro atoms. The molecule has 0 bridgehead atoms. The molecule has 0 aliphatic heterocycles. The van der Waals surface area contributed by atoms with Crippen LogP contribution in [0.15, 0.2) is 40.9 Å². The number of rotatable bonds is 4. The summed E-state index contributed by atoms with van der Waals surface area (Å²) in [7, 11) is 0. The smallest absolute Gasteiger partial charge is 0.272 e. The molecule has 2 rings (SSSR count). The molecule has 5 heteroatoms. The lowest BCUT2D eigenvalue weighted by molar-refractivity contribution is -0.385. The van der Waals surface area contributed by atoms with E-state index in [1.54, 1.807) is 13.0 Å². The monoisotopic (exact) mass is 348 g/mol. The molecule has 0 fully saturated rings. The van der Waals surface area contributed by atoms with Crippen molar-refractivity contribution in [3.8, 4) is 0 Å². The zero-order valence-electron chi connectivity index (χ0n) is 12.2. The maximum Gasteiger partial charge on any atom is 0.272 e. The van der Waals surface area contributed by atoms with Crippen molar-refractivity contribution in [2.75, 3.05) is 5.32 Å². The minimum absolute atomic E-state index is 0.123. The number of benzene rings is 2. The Morgan fingerprint density at radius 3 is 2.33 bits per heavy atom. The zero-order chi connectivity index (χ0) is 15.6. The average Bonchev–Trinajstić information content (AvgIpc) is 2.42. The third-order valence-electron chi connectivity index (χ3n) is 3.48. The van der Waals surface area contributed by atoms with Crippen molar-refractivity contribution in [1.29, 1.82) is 0 Å². The molecule has 0 amide bonds. The van der Waals surface area contributed by atoms with Crippen molar-refractivity contribution >= 4 is 27.3 Å². The van der Waals surface area contributed by atoms with Crippen molar-refractivity contribution in [3.63, 3.8) is 0 Å². The van der Waals surface area contributed by atoms with Crippen LogP contribution in [0.25, 0.3) is 0 Å². The van der Waals surface area contributed by atoms with Crippen LogP contribution in [0, 0.1) is 24.0 Å². The van der Waals surface area contributed by atoms with Gasteiger partial charge in [-0.25, -0.2) is 0 Å². The highest BCUT2D eigenvalue weighted by Gasteiger charge is 2.14. The summed E-state index contributed by atoms with van der Waals surface area (Å²) >= 11 is 3.42. The first-order valence-electron chi connectivity index (χ1n) is 6.66. The Bertz CT molecular complexity index is 669. The van der Waals surface area contributed by atoms with Crippen LogP contribution in [0.4, 0.5) is 11.4 Å². The molecule has 0 aromatic heterocycles. The Morgan fingerprint density at radius 1 is 1.14 bits per heavy atom. The molecule has 0 saturated heterocycles. The second-order valence-corrected chi connectivity index (χ2v) is 6.04. The molecule has 1 atom stereocenters. The second kappa shape index (κ2) is 6.26. The summed E-state index contributed by atoms with van der Waals surface area (Å²) in [4.78, 5) is 10.6. The first kappa shape index (κ1) is 15.5. The molecule has 21 heavy (non-hydrogen) atoms. The highest BCUT2D eigenvalue weighted by molar-refractivity contribution is 9.10. The van der Waals surface area contributed by atoms with Crippen molar-refractivity contribution < 1.29 is 4.92 Å². The number of anilines is 1. The molecule has 0 heterocycles. The van der Waals surface area contributed by atoms with Crippen LogP contribution in [-0.2, 0) is 0 Å². The second-order valence-electron chi connectivity index (χ2n) is 5.13. The molecule has 0 saturated carbocycles. The molecule has 2 aromatic rings. The highest BCUT2D eigenvalue weighted by atomic mass is 79.9. The van der Waals surface area contributed by atoms with E-state index in [0.29, 0.717) is 5.56 Å². The topological polar surface area (TPSA) is 55.2 Å². The molecular formula is C16H17BrN2O2. The summed E-state index contributed by atoms with van der Waals surface area (Å²) in [6.07, 6.45) is 0. The van der Waals surface area contributed by atoms with Crippen molar-refractivity contribution in [3.05, 3.63) is 67.7 Å². The van der Waals surface area contributed by atoms with E-state index in [1.165, 1.54) is 0 Å². The first-order chi connectivity index (χ1) is 9.88. The summed E-state index contributed by atoms with van der Waals surface area (Å²) in [6.45, 7) is 5.70. The third kappa shape index (κ3) is 3.61. The van der Waals surface area contributed by atoms with E-state index in [9.17, 15) is 10.1 Å². The van der Waals surface area contributed by atoms with E-state index in [1.807, 2.05) is 25.1 Å². The number of nitro benzene ring substituents is 1. The Morgan fingerprint density at radius 2 is 1.76 bits per heavy atom. The van der Waals surface area contributed by atoms with Gasteiger partial charge in [0, 0.05) is 27.8 Å². The average molecular weight is 349 g/mol. The first-order valence-corrected chi connectivity index (χ1v) is 7.45. The fourth-order valence-electron chi connectivity index (χ4n) is 2.22. The SMILES string of the molecule is Cc1cc([N+](=O)[O-])c(C)cc1NC(C)c1ccc(Br)cc1. The number of halogens is 1. The van der Waals surface area contributed by atoms with Gasteiger partial charge in [0.05, 0.1) is 4.92 Å². The lowest BCUT2D eigenvalue weighted by atomic mass is 10.1. The van der Waals surface area contributed by atoms with E-state index in [0.717, 1.165) is 21.3 Å². The van der Waals surface area contributed by atoms with Gasteiger partial charge in [0.25, 0.3) is 5.69 Å². The molecule has 110 valence electrons. The van der Waals surface area contributed by atoms with Crippen LogP contribution in [0.3, 0.4) is 0 Å². The zero-order valence-corrected chi connectivity index (χ0v) is 13.8. The minimum Gasteiger partial charge on any atom is -0.378 e. The molecule has 1 N–H and O–H groups in total. The van der Waals surface area contributed by atoms with Gasteiger partial charge in [0.2, 0.25) is 0 Å². The number of nitro groups is 1. The van der Waals surface area contributed by atoms with Gasteiger partial charge in [0.1, 0.15) is 0 Å². The number of aryl methyl sites for hydroxylation is 2. The lowest BCUT2D eigenvalue weighted by Gasteiger charge is -2.18. The third-order valence-corrected chi connectivity index (χ3v) is 4.01. The molecule has 0 radical (unpaired) electrons. The van der Waals surface area contributed by atoms with Gasteiger partial charge >= 0.3 is 0 Å². The van der Waals surface area contributed by atoms with Gasteiger partial charge in [-0.1, -0.05) is 28.1 Å². The quantitative estimate of drug-likeness (QED) is 0.614. The van der Waals surface area contributed by atoms with Gasteiger partial charge < -0.3 is 5.32 Å². The fraction of sp³-hybridized carbons (Fsp3) is 0.250. The van der Waals surface area contributed by atoms with E-state index < -0.39 is 0 Å². The number of nitrogens with zero attached hydrogens (tertiary/aromatic N) is 1. The van der Waals surface area contributed by atoms with Gasteiger partial charge in [-0.3, -0.25) is 10.1 Å². The Kier molecular flexibility index (Phi) is 4.63. The minimum atomic E-state index is -0.343. The van der Waals surface area contributed by atoms with Crippen molar-refractivity contribution in [2.45, 2.75) is 26.8 Å². The van der Waals surface area contributed by atoms with Crippen LogP contribution in [0.1, 0.15) is 29.7 Å². The highest BCUT2D eigenvalue weighted by Crippen LogP contribution is 2.29. The Labute approximate surface area is 132 Å². The van der Waals surface area contributed by atoms with Crippen LogP contribution in [0.2, 0.25) is 0 Å². The maximum absolute atomic E-state index is 10.9. The Hall–Kier alpha value is -1.88. The van der Waals surface area contributed by atoms with Crippen molar-refractivity contribution in [1.82, 2.24) is 0 Å². The molecule has 0 aliphatic carbocycles. The normalized spacial score (nSPS) is 12.0. The molecule has 2 aromatic carbocycles. The largest absolute Gasteiger partial charge is 0.378 e. The van der Waals surface area contributed by atoms with Crippen LogP contribution in [-0.4, -0.2) is 4.92 Å². The molecule has 0 aliphatic rings. The number of nitrogens with one attached hydrogen (secondary N) is 1. The fourth-order valence-corrected chi connectivity index (χ4v) is 2.49. The van der Waals surface area contributed by atoms with Gasteiger partial charge in [0.15, 0.2) is 0 Å². The summed E-state index contributed by atoms with van der Waals surface area (Å²) in [5.74, 6) is 0. The van der Waals surface area contributed by atoms with E-state index in [-0.39, 0.29) is 16.7 Å². The van der Waals surface area contributed by atoms with Gasteiger partial charge in [-0.2, -0.15) is 0 Å². The van der Waals surface area contributed by atoms with Gasteiger partial charge in [-0.05, 0) is 50.1 Å². The Balaban J connectivity index is 2.25. The van der Waals surface area contributed by atoms with Crippen molar-refractivity contribution in [2.24, 2.45) is 0 Å². The van der Waals surface area contributed by atoms with E-state index in [2.05, 4.69) is 40.3 Å². The number of hydrogen-bond acceptors (Lipinski definition) is 3. The summed E-state index contributed by atoms with van der Waals surface area (Å²) in [5.41, 5.74) is 3.78. The molecule has 4 nitrogen and oxygen atoms in total. The predicted octanol–water partition coefficient (Wildman–Crippen LogP) is 5.15. The molecular weight excluding hydrogens is 332 g/mol. The summed E-state index contributed by atoms with van der Waals surface area (Å²) in [5, 5.41) is 14.4. The summed E-state index contributed by atoms with van der Waals surface area (Å²) in [6, 6.07) is 11.7. The number of hydrogen-bond donors (Lipinski definition) is 1. The van der Waals surface area contributed by atoms with Gasteiger partial charge in [-0.15, -0.1) is 0 Å². The van der Waals surface area contributed by atoms with Crippen LogP contribution >= 0.6 is 15.9 Å². The standard InChI is InChI=1S/C16H17BrN2O2/c1-10-9-16(19(20)21)11(2)8-15(10)18-12(3)13-4-6-14(17)7-5-13/h4-9,12,18H,1-3H3.